The third-order valence-corrected chi connectivity index (χ3v) is 3.75. The van der Waals surface area contributed by atoms with Gasteiger partial charge in [0.05, 0.1) is 6.10 Å². The average Bonchev–Trinajstić information content (AvgIpc) is 2.85. The molecule has 0 bridgehead atoms. The largest absolute Gasteiger partial charge is 0.479 e. The van der Waals surface area contributed by atoms with Crippen molar-refractivity contribution in [2.75, 3.05) is 6.54 Å². The van der Waals surface area contributed by atoms with Gasteiger partial charge in [0.25, 0.3) is 0 Å². The third kappa shape index (κ3) is 3.69. The van der Waals surface area contributed by atoms with Crippen LogP contribution >= 0.6 is 11.6 Å². The lowest BCUT2D eigenvalue weighted by atomic mass is 10.1. The molecule has 1 heterocycles. The first-order valence-corrected chi connectivity index (χ1v) is 6.82. The minimum absolute atomic E-state index is 0.0361. The molecular formula is C14H18ClNO3. The van der Waals surface area contributed by atoms with Crippen molar-refractivity contribution in [3.05, 3.63) is 34.9 Å². The normalized spacial score (nSPS) is 24.3. The van der Waals surface area contributed by atoms with Gasteiger partial charge >= 0.3 is 5.97 Å². The Balaban J connectivity index is 1.83. The molecule has 104 valence electrons. The zero-order chi connectivity index (χ0) is 13.8. The van der Waals surface area contributed by atoms with Gasteiger partial charge in [0, 0.05) is 17.6 Å². The van der Waals surface area contributed by atoms with Crippen LogP contribution in [-0.4, -0.2) is 29.8 Å². The van der Waals surface area contributed by atoms with Crippen LogP contribution in [0.2, 0.25) is 5.02 Å². The Morgan fingerprint density at radius 2 is 2.26 bits per heavy atom. The number of halogens is 1. The summed E-state index contributed by atoms with van der Waals surface area (Å²) in [7, 11) is 0. The summed E-state index contributed by atoms with van der Waals surface area (Å²) in [5.41, 5.74) is 1.04. The fourth-order valence-corrected chi connectivity index (χ4v) is 2.58. The predicted octanol–water partition coefficient (Wildman–Crippen LogP) is 2.62. The fraction of sp³-hybridized carbons (Fsp3) is 0.500. The number of carboxylic acids is 1. The summed E-state index contributed by atoms with van der Waals surface area (Å²) in [6.07, 6.45) is 0.676. The van der Waals surface area contributed by atoms with E-state index in [1.807, 2.05) is 31.2 Å². The molecule has 1 aliphatic heterocycles. The predicted molar refractivity (Wildman–Crippen MR) is 73.4 cm³/mol. The van der Waals surface area contributed by atoms with Crippen LogP contribution in [0.25, 0.3) is 0 Å². The molecule has 1 aromatic rings. The highest BCUT2D eigenvalue weighted by Crippen LogP contribution is 2.23. The Morgan fingerprint density at radius 3 is 2.89 bits per heavy atom. The van der Waals surface area contributed by atoms with Gasteiger partial charge in [0.1, 0.15) is 0 Å². The molecular weight excluding hydrogens is 266 g/mol. The van der Waals surface area contributed by atoms with Crippen LogP contribution in [0.1, 0.15) is 31.4 Å². The summed E-state index contributed by atoms with van der Waals surface area (Å²) in [6.45, 7) is 2.67. The summed E-state index contributed by atoms with van der Waals surface area (Å²) in [5, 5.41) is 12.9. The van der Waals surface area contributed by atoms with E-state index in [1.165, 1.54) is 0 Å². The molecule has 0 radical (unpaired) electrons. The van der Waals surface area contributed by atoms with Crippen molar-refractivity contribution >= 4 is 17.6 Å². The van der Waals surface area contributed by atoms with Gasteiger partial charge in [-0.3, -0.25) is 0 Å². The first-order valence-electron chi connectivity index (χ1n) is 6.44. The standard InChI is InChI=1S/C14H18ClNO3/c1-9(11-4-2-3-5-12(11)15)16-8-10-6-7-13(19-10)14(17)18/h2-5,9-10,13,16H,6-8H2,1H3,(H,17,18)/t9-,10?,13?/m0/s1. The molecule has 0 saturated carbocycles. The number of ether oxygens (including phenoxy) is 1. The second-order valence-electron chi connectivity index (χ2n) is 4.81. The minimum atomic E-state index is -0.873. The van der Waals surface area contributed by atoms with Crippen molar-refractivity contribution in [1.82, 2.24) is 5.32 Å². The van der Waals surface area contributed by atoms with Gasteiger partial charge in [-0.15, -0.1) is 0 Å². The molecule has 0 aliphatic carbocycles. The van der Waals surface area contributed by atoms with Gasteiger partial charge < -0.3 is 15.2 Å². The van der Waals surface area contributed by atoms with Crippen LogP contribution in [0.15, 0.2) is 24.3 Å². The van der Waals surface area contributed by atoms with Crippen molar-refractivity contribution in [2.45, 2.75) is 38.0 Å². The maximum absolute atomic E-state index is 10.8. The second-order valence-corrected chi connectivity index (χ2v) is 5.22. The van der Waals surface area contributed by atoms with E-state index in [4.69, 9.17) is 21.4 Å². The van der Waals surface area contributed by atoms with E-state index in [2.05, 4.69) is 5.32 Å². The molecule has 0 amide bonds. The first kappa shape index (κ1) is 14.3. The van der Waals surface area contributed by atoms with Crippen LogP contribution in [0.4, 0.5) is 0 Å². The lowest BCUT2D eigenvalue weighted by Crippen LogP contribution is -2.30. The highest BCUT2D eigenvalue weighted by Gasteiger charge is 2.30. The van der Waals surface area contributed by atoms with E-state index >= 15 is 0 Å². The number of hydrogen-bond acceptors (Lipinski definition) is 3. The Kier molecular flexibility index (Phi) is 4.80. The quantitative estimate of drug-likeness (QED) is 0.872. The molecule has 1 aliphatic rings. The zero-order valence-electron chi connectivity index (χ0n) is 10.8. The number of nitrogens with one attached hydrogen (secondary N) is 1. The van der Waals surface area contributed by atoms with Crippen molar-refractivity contribution in [3.63, 3.8) is 0 Å². The van der Waals surface area contributed by atoms with E-state index in [0.29, 0.717) is 13.0 Å². The van der Waals surface area contributed by atoms with Crippen LogP contribution in [0, 0.1) is 0 Å². The van der Waals surface area contributed by atoms with Crippen LogP contribution in [0.3, 0.4) is 0 Å². The monoisotopic (exact) mass is 283 g/mol. The summed E-state index contributed by atoms with van der Waals surface area (Å²) < 4.78 is 5.44. The maximum Gasteiger partial charge on any atom is 0.332 e. The van der Waals surface area contributed by atoms with Crippen molar-refractivity contribution in [1.29, 1.82) is 0 Å². The zero-order valence-corrected chi connectivity index (χ0v) is 11.6. The molecule has 19 heavy (non-hydrogen) atoms. The summed E-state index contributed by atoms with van der Waals surface area (Å²) >= 11 is 6.13. The van der Waals surface area contributed by atoms with Crippen LogP contribution in [0.5, 0.6) is 0 Å². The maximum atomic E-state index is 10.8. The Morgan fingerprint density at radius 1 is 1.53 bits per heavy atom. The molecule has 2 rings (SSSR count). The lowest BCUT2D eigenvalue weighted by Gasteiger charge is -2.18. The lowest BCUT2D eigenvalue weighted by molar-refractivity contribution is -0.149. The fourth-order valence-electron chi connectivity index (χ4n) is 2.28. The summed E-state index contributed by atoms with van der Waals surface area (Å²) in [6, 6.07) is 7.81. The highest BCUT2D eigenvalue weighted by molar-refractivity contribution is 6.31. The topological polar surface area (TPSA) is 58.6 Å². The number of aliphatic carboxylic acids is 1. The molecule has 1 saturated heterocycles. The van der Waals surface area contributed by atoms with Crippen molar-refractivity contribution in [2.24, 2.45) is 0 Å². The smallest absolute Gasteiger partial charge is 0.332 e. The molecule has 4 nitrogen and oxygen atoms in total. The molecule has 2 N–H and O–H groups in total. The van der Waals surface area contributed by atoms with Crippen molar-refractivity contribution < 1.29 is 14.6 Å². The molecule has 3 atom stereocenters. The SMILES string of the molecule is C[C@H](NCC1CCC(C(=O)O)O1)c1ccccc1Cl. The van der Waals surface area contributed by atoms with Gasteiger partial charge in [0.2, 0.25) is 0 Å². The second kappa shape index (κ2) is 6.37. The molecule has 2 unspecified atom stereocenters. The van der Waals surface area contributed by atoms with Gasteiger partial charge in [-0.1, -0.05) is 29.8 Å². The summed E-state index contributed by atoms with van der Waals surface area (Å²) in [5.74, 6) is -0.873. The molecule has 1 aromatic carbocycles. The summed E-state index contributed by atoms with van der Waals surface area (Å²) in [4.78, 5) is 10.8. The van der Waals surface area contributed by atoms with Crippen LogP contribution < -0.4 is 5.32 Å². The average molecular weight is 284 g/mol. The Bertz CT molecular complexity index is 452. The number of carbonyl (C=O) groups is 1. The molecule has 1 fully saturated rings. The number of carboxylic acid groups (broad SMARTS) is 1. The third-order valence-electron chi connectivity index (χ3n) is 3.41. The Labute approximate surface area is 117 Å². The highest BCUT2D eigenvalue weighted by atomic mass is 35.5. The number of benzene rings is 1. The van der Waals surface area contributed by atoms with E-state index in [9.17, 15) is 4.79 Å². The van der Waals surface area contributed by atoms with Gasteiger partial charge in [-0.2, -0.15) is 0 Å². The van der Waals surface area contributed by atoms with E-state index in [1.54, 1.807) is 0 Å². The molecule has 0 aromatic heterocycles. The van der Waals surface area contributed by atoms with Gasteiger partial charge in [-0.05, 0) is 31.4 Å². The van der Waals surface area contributed by atoms with Gasteiger partial charge in [0.15, 0.2) is 6.10 Å². The first-order chi connectivity index (χ1) is 9.08. The van der Waals surface area contributed by atoms with E-state index < -0.39 is 12.1 Å². The van der Waals surface area contributed by atoms with E-state index in [0.717, 1.165) is 17.0 Å². The van der Waals surface area contributed by atoms with E-state index in [-0.39, 0.29) is 12.1 Å². The minimum Gasteiger partial charge on any atom is -0.479 e. The molecule has 5 heteroatoms. The number of hydrogen-bond donors (Lipinski definition) is 2. The van der Waals surface area contributed by atoms with Gasteiger partial charge in [-0.25, -0.2) is 4.79 Å². The molecule has 0 spiro atoms. The van der Waals surface area contributed by atoms with Crippen molar-refractivity contribution in [3.8, 4) is 0 Å². The van der Waals surface area contributed by atoms with Crippen LogP contribution in [-0.2, 0) is 9.53 Å². The number of rotatable bonds is 5. The Hall–Kier alpha value is -1.10.